The van der Waals surface area contributed by atoms with Crippen LogP contribution >= 0.6 is 12.6 Å². The van der Waals surface area contributed by atoms with Gasteiger partial charge in [-0.3, -0.25) is 0 Å². The highest BCUT2D eigenvalue weighted by Crippen LogP contribution is 2.22. The molecule has 0 saturated heterocycles. The second-order valence-corrected chi connectivity index (χ2v) is 2.80. The van der Waals surface area contributed by atoms with E-state index >= 15 is 0 Å². The van der Waals surface area contributed by atoms with Crippen LogP contribution in [0.15, 0.2) is 35.7 Å². The molecule has 1 nitrogen and oxygen atoms in total. The van der Waals surface area contributed by atoms with Crippen LogP contribution in [0.5, 0.6) is 5.75 Å². The SMILES string of the molecule is C=CCc1ccc(S)c(O)c1. The fourth-order valence-electron chi connectivity index (χ4n) is 0.863. The highest BCUT2D eigenvalue weighted by atomic mass is 32.1. The highest BCUT2D eigenvalue weighted by molar-refractivity contribution is 7.80. The molecule has 0 aliphatic heterocycles. The molecular weight excluding hydrogens is 156 g/mol. The van der Waals surface area contributed by atoms with Crippen LogP contribution in [0.4, 0.5) is 0 Å². The summed E-state index contributed by atoms with van der Waals surface area (Å²) in [5.74, 6) is 0.229. The highest BCUT2D eigenvalue weighted by Gasteiger charge is 1.96. The zero-order valence-electron chi connectivity index (χ0n) is 6.12. The van der Waals surface area contributed by atoms with E-state index in [1.165, 1.54) is 0 Å². The van der Waals surface area contributed by atoms with E-state index in [1.54, 1.807) is 18.2 Å². The average Bonchev–Trinajstić information content (AvgIpc) is 1.98. The Morgan fingerprint density at radius 1 is 1.55 bits per heavy atom. The Morgan fingerprint density at radius 2 is 2.27 bits per heavy atom. The molecule has 0 saturated carbocycles. The number of phenolic OH excluding ortho intramolecular Hbond substituents is 1. The van der Waals surface area contributed by atoms with Crippen molar-refractivity contribution in [3.8, 4) is 5.75 Å². The van der Waals surface area contributed by atoms with Crippen molar-refractivity contribution in [3.05, 3.63) is 36.4 Å². The molecule has 58 valence electrons. The van der Waals surface area contributed by atoms with Crippen LogP contribution in [-0.2, 0) is 6.42 Å². The maximum atomic E-state index is 9.22. The van der Waals surface area contributed by atoms with Crippen molar-refractivity contribution in [3.63, 3.8) is 0 Å². The van der Waals surface area contributed by atoms with Crippen LogP contribution in [-0.4, -0.2) is 5.11 Å². The Balaban J connectivity index is 2.95. The van der Waals surface area contributed by atoms with Gasteiger partial charge in [-0.1, -0.05) is 12.1 Å². The molecule has 0 aliphatic carbocycles. The largest absolute Gasteiger partial charge is 0.507 e. The minimum absolute atomic E-state index is 0.229. The smallest absolute Gasteiger partial charge is 0.129 e. The van der Waals surface area contributed by atoms with E-state index < -0.39 is 0 Å². The zero-order valence-corrected chi connectivity index (χ0v) is 7.01. The van der Waals surface area contributed by atoms with E-state index in [1.807, 2.05) is 6.07 Å². The lowest BCUT2D eigenvalue weighted by Crippen LogP contribution is -1.79. The Kier molecular flexibility index (Phi) is 2.60. The van der Waals surface area contributed by atoms with Crippen molar-refractivity contribution in [2.75, 3.05) is 0 Å². The zero-order chi connectivity index (χ0) is 8.27. The second kappa shape index (κ2) is 3.49. The molecule has 11 heavy (non-hydrogen) atoms. The molecule has 0 heterocycles. The summed E-state index contributed by atoms with van der Waals surface area (Å²) in [5, 5.41) is 9.22. The molecule has 0 spiro atoms. The van der Waals surface area contributed by atoms with Crippen molar-refractivity contribution >= 4 is 12.6 Å². The summed E-state index contributed by atoms with van der Waals surface area (Å²) in [6.45, 7) is 3.61. The molecule has 0 radical (unpaired) electrons. The van der Waals surface area contributed by atoms with Crippen LogP contribution in [0, 0.1) is 0 Å². The van der Waals surface area contributed by atoms with Crippen molar-refractivity contribution in [1.29, 1.82) is 0 Å². The summed E-state index contributed by atoms with van der Waals surface area (Å²) < 4.78 is 0. The van der Waals surface area contributed by atoms with E-state index in [9.17, 15) is 5.11 Å². The molecule has 2 heteroatoms. The van der Waals surface area contributed by atoms with Gasteiger partial charge >= 0.3 is 0 Å². The van der Waals surface area contributed by atoms with Gasteiger partial charge in [-0.25, -0.2) is 0 Å². The summed E-state index contributed by atoms with van der Waals surface area (Å²) in [6.07, 6.45) is 2.58. The first kappa shape index (κ1) is 8.21. The van der Waals surface area contributed by atoms with E-state index in [4.69, 9.17) is 0 Å². The van der Waals surface area contributed by atoms with E-state index in [0.717, 1.165) is 12.0 Å². The van der Waals surface area contributed by atoms with Crippen LogP contribution < -0.4 is 0 Å². The first-order valence-corrected chi connectivity index (χ1v) is 3.80. The van der Waals surface area contributed by atoms with Crippen molar-refractivity contribution in [2.45, 2.75) is 11.3 Å². The Hall–Kier alpha value is -0.890. The molecular formula is C9H10OS. The molecule has 1 aromatic carbocycles. The van der Waals surface area contributed by atoms with Gasteiger partial charge < -0.3 is 5.11 Å². The monoisotopic (exact) mass is 166 g/mol. The lowest BCUT2D eigenvalue weighted by Gasteiger charge is -1.99. The number of aromatic hydroxyl groups is 1. The molecule has 0 aromatic heterocycles. The van der Waals surface area contributed by atoms with E-state index in [0.29, 0.717) is 4.90 Å². The van der Waals surface area contributed by atoms with Crippen molar-refractivity contribution in [1.82, 2.24) is 0 Å². The Morgan fingerprint density at radius 3 is 2.82 bits per heavy atom. The minimum Gasteiger partial charge on any atom is -0.507 e. The average molecular weight is 166 g/mol. The van der Waals surface area contributed by atoms with Crippen LogP contribution in [0.2, 0.25) is 0 Å². The first-order valence-electron chi connectivity index (χ1n) is 3.36. The predicted molar refractivity (Wildman–Crippen MR) is 49.3 cm³/mol. The van der Waals surface area contributed by atoms with Gasteiger partial charge in [0.2, 0.25) is 0 Å². The number of allylic oxidation sites excluding steroid dienone is 1. The Bertz CT molecular complexity index is 268. The maximum Gasteiger partial charge on any atom is 0.129 e. The molecule has 1 N–H and O–H groups in total. The van der Waals surface area contributed by atoms with E-state index in [-0.39, 0.29) is 5.75 Å². The van der Waals surface area contributed by atoms with Crippen molar-refractivity contribution in [2.24, 2.45) is 0 Å². The first-order chi connectivity index (χ1) is 5.24. The lowest BCUT2D eigenvalue weighted by molar-refractivity contribution is 0.462. The van der Waals surface area contributed by atoms with E-state index in [2.05, 4.69) is 19.2 Å². The third-order valence-corrected chi connectivity index (χ3v) is 1.80. The van der Waals surface area contributed by atoms with Gasteiger partial charge in [-0.2, -0.15) is 0 Å². The van der Waals surface area contributed by atoms with Crippen LogP contribution in [0.1, 0.15) is 5.56 Å². The third kappa shape index (κ3) is 2.02. The fraction of sp³-hybridized carbons (Fsp3) is 0.111. The molecule has 0 unspecified atom stereocenters. The summed E-state index contributed by atoms with van der Waals surface area (Å²) >= 11 is 4.04. The van der Waals surface area contributed by atoms with Gasteiger partial charge in [-0.15, -0.1) is 19.2 Å². The van der Waals surface area contributed by atoms with Gasteiger partial charge in [-0.05, 0) is 24.1 Å². The minimum atomic E-state index is 0.229. The number of phenols is 1. The molecule has 0 fully saturated rings. The second-order valence-electron chi connectivity index (χ2n) is 2.32. The topological polar surface area (TPSA) is 20.2 Å². The summed E-state index contributed by atoms with van der Waals surface area (Å²) in [4.78, 5) is 0.609. The predicted octanol–water partition coefficient (Wildman–Crippen LogP) is 2.41. The number of thiol groups is 1. The summed E-state index contributed by atoms with van der Waals surface area (Å²) in [7, 11) is 0. The van der Waals surface area contributed by atoms with Gasteiger partial charge in [0.25, 0.3) is 0 Å². The van der Waals surface area contributed by atoms with Crippen LogP contribution in [0.3, 0.4) is 0 Å². The Labute approximate surface area is 71.8 Å². The van der Waals surface area contributed by atoms with Gasteiger partial charge in [0, 0.05) is 4.90 Å². The molecule has 1 rings (SSSR count). The standard InChI is InChI=1S/C9H10OS/c1-2-3-7-4-5-9(11)8(10)6-7/h2,4-6,10-11H,1,3H2. The molecule has 0 amide bonds. The fourth-order valence-corrected chi connectivity index (χ4v) is 1.00. The van der Waals surface area contributed by atoms with Crippen LogP contribution in [0.25, 0.3) is 0 Å². The molecule has 1 aromatic rings. The van der Waals surface area contributed by atoms with Gasteiger partial charge in [0.15, 0.2) is 0 Å². The number of rotatable bonds is 2. The maximum absolute atomic E-state index is 9.22. The summed E-state index contributed by atoms with van der Waals surface area (Å²) in [6, 6.07) is 5.39. The normalized spacial score (nSPS) is 9.55. The van der Waals surface area contributed by atoms with Gasteiger partial charge in [0.05, 0.1) is 0 Å². The number of benzene rings is 1. The number of hydrogen-bond acceptors (Lipinski definition) is 2. The quantitative estimate of drug-likeness (QED) is 0.510. The molecule has 0 aliphatic rings. The third-order valence-electron chi connectivity index (χ3n) is 1.42. The molecule has 0 atom stereocenters. The summed E-state index contributed by atoms with van der Waals surface area (Å²) in [5.41, 5.74) is 1.05. The lowest BCUT2D eigenvalue weighted by atomic mass is 10.1. The van der Waals surface area contributed by atoms with Gasteiger partial charge in [0.1, 0.15) is 5.75 Å². The van der Waals surface area contributed by atoms with Crippen molar-refractivity contribution < 1.29 is 5.11 Å². The molecule has 0 bridgehead atoms. The number of hydrogen-bond donors (Lipinski definition) is 2.